The molecule has 0 unspecified atom stereocenters. The maximum absolute atomic E-state index is 9.10. The number of rotatable bonds is 0. The molecule has 0 aromatic heterocycles. The summed E-state index contributed by atoms with van der Waals surface area (Å²) in [7, 11) is 0. The van der Waals surface area contributed by atoms with Crippen LogP contribution in [-0.4, -0.2) is 22.2 Å². The third kappa shape index (κ3) is 92.4. The van der Waals surface area contributed by atoms with E-state index < -0.39 is 11.9 Å². The zero-order chi connectivity index (χ0) is 5.15. The summed E-state index contributed by atoms with van der Waals surface area (Å²) in [5, 5.41) is 14.8. The summed E-state index contributed by atoms with van der Waals surface area (Å²) < 4.78 is 0. The Labute approximate surface area is 86.2 Å². The van der Waals surface area contributed by atoms with Crippen LogP contribution in [0.4, 0.5) is 0 Å². The number of carboxylic acid groups (broad SMARTS) is 2. The number of hydrogen-bond acceptors (Lipinski definition) is 8. The van der Waals surface area contributed by atoms with Crippen molar-refractivity contribution in [2.75, 3.05) is 0 Å². The second-order valence-corrected chi connectivity index (χ2v) is 0.610. The van der Waals surface area contributed by atoms with E-state index in [1.54, 1.807) is 0 Å². The summed E-state index contributed by atoms with van der Waals surface area (Å²) in [5.41, 5.74) is 0. The fraction of sp³-hybridized carbons (Fsp3) is 0. The van der Waals surface area contributed by atoms with E-state index in [9.17, 15) is 0 Å². The van der Waals surface area contributed by atoms with Crippen LogP contribution < -0.4 is 36.9 Å². The smallest absolute Gasteiger partial charge is 0.414 e. The van der Waals surface area contributed by atoms with Crippen molar-refractivity contribution in [1.82, 2.24) is 36.9 Å². The molecule has 13 heavy (non-hydrogen) atoms. The number of carbonyl (C=O) groups is 2. The van der Waals surface area contributed by atoms with Gasteiger partial charge in [0.1, 0.15) is 0 Å². The fourth-order valence-electron chi connectivity index (χ4n) is 0. The van der Waals surface area contributed by atoms with E-state index in [1.165, 1.54) is 0 Å². The Morgan fingerprint density at radius 1 is 0.615 bits per heavy atom. The molecule has 0 spiro atoms. The van der Waals surface area contributed by atoms with Crippen LogP contribution in [-0.2, 0) is 26.4 Å². The topological polar surface area (TPSA) is 285 Å². The molecule has 91 valence electrons. The van der Waals surface area contributed by atoms with Crippen molar-refractivity contribution in [1.29, 1.82) is 0 Å². The van der Waals surface area contributed by atoms with Crippen molar-refractivity contribution >= 4 is 11.9 Å². The van der Waals surface area contributed by atoms with Crippen LogP contribution in [0.15, 0.2) is 0 Å². The quantitative estimate of drug-likeness (QED) is 0.269. The fourth-order valence-corrected chi connectivity index (χ4v) is 0. The second-order valence-electron chi connectivity index (χ2n) is 0.610. The van der Waals surface area contributed by atoms with Gasteiger partial charge in [0.25, 0.3) is 0 Å². The summed E-state index contributed by atoms with van der Waals surface area (Å²) in [4.78, 5) is 18.2. The van der Waals surface area contributed by atoms with E-state index in [0.717, 1.165) is 0 Å². The van der Waals surface area contributed by atoms with Gasteiger partial charge < -0.3 is 47.1 Å². The van der Waals surface area contributed by atoms with Crippen LogP contribution in [0.5, 0.6) is 0 Å². The molecule has 0 aliphatic carbocycles. The zero-order valence-corrected chi connectivity index (χ0v) is 8.33. The van der Waals surface area contributed by atoms with Crippen molar-refractivity contribution in [2.45, 2.75) is 0 Å². The van der Waals surface area contributed by atoms with Gasteiger partial charge in [-0.1, -0.05) is 0 Å². The SMILES string of the molecule is N.N.N.N.N.N.O=C(O)C(=O)O.[Co]. The molecule has 1 radical (unpaired) electrons. The zero-order valence-electron chi connectivity index (χ0n) is 7.29. The van der Waals surface area contributed by atoms with Gasteiger partial charge in [-0.3, -0.25) is 0 Å². The first kappa shape index (κ1) is 86.6. The maximum Gasteiger partial charge on any atom is 0.414 e. The van der Waals surface area contributed by atoms with Gasteiger partial charge in [-0.05, 0) is 0 Å². The summed E-state index contributed by atoms with van der Waals surface area (Å²) in [6.45, 7) is 0. The van der Waals surface area contributed by atoms with Gasteiger partial charge in [-0.2, -0.15) is 0 Å². The van der Waals surface area contributed by atoms with E-state index >= 15 is 0 Å². The van der Waals surface area contributed by atoms with E-state index in [0.29, 0.717) is 0 Å². The van der Waals surface area contributed by atoms with Gasteiger partial charge in [0.15, 0.2) is 0 Å². The van der Waals surface area contributed by atoms with Crippen LogP contribution >= 0.6 is 0 Å². The van der Waals surface area contributed by atoms with Gasteiger partial charge in [0, 0.05) is 16.8 Å². The molecular weight excluding hydrogens is 231 g/mol. The van der Waals surface area contributed by atoms with E-state index in [2.05, 4.69) is 0 Å². The Morgan fingerprint density at radius 2 is 0.692 bits per heavy atom. The molecule has 0 amide bonds. The molecule has 20 N–H and O–H groups in total. The molecule has 0 aromatic carbocycles. The van der Waals surface area contributed by atoms with E-state index in [-0.39, 0.29) is 53.7 Å². The molecule has 0 saturated carbocycles. The summed E-state index contributed by atoms with van der Waals surface area (Å²) in [6, 6.07) is 0. The molecule has 0 saturated heterocycles. The molecular formula is C2H20CoN6O4. The van der Waals surface area contributed by atoms with Crippen LogP contribution in [0.1, 0.15) is 0 Å². The molecule has 0 aliphatic heterocycles. The third-order valence-electron chi connectivity index (χ3n) is 0.183. The summed E-state index contributed by atoms with van der Waals surface area (Å²) in [5.74, 6) is -3.65. The van der Waals surface area contributed by atoms with Gasteiger partial charge in [0.05, 0.1) is 0 Å². The first-order valence-electron chi connectivity index (χ1n) is 1.11. The first-order chi connectivity index (χ1) is 2.64. The Kier molecular flexibility index (Phi) is 287. The minimum atomic E-state index is -1.82. The molecule has 11 heteroatoms. The molecule has 0 fully saturated rings. The second kappa shape index (κ2) is 43.1. The number of carboxylic acids is 2. The van der Waals surface area contributed by atoms with E-state index in [4.69, 9.17) is 19.8 Å². The van der Waals surface area contributed by atoms with Crippen LogP contribution in [0.2, 0.25) is 0 Å². The number of hydrogen-bond donors (Lipinski definition) is 8. The standard InChI is InChI=1S/C2H2O4.Co.6H3N/c3-1(4)2(5)6;;;;;;;/h(H,3,4)(H,5,6);;6*1H3. The molecule has 0 heterocycles. The minimum Gasteiger partial charge on any atom is -0.473 e. The molecule has 0 rings (SSSR count). The van der Waals surface area contributed by atoms with Gasteiger partial charge in [0.2, 0.25) is 0 Å². The molecule has 10 nitrogen and oxygen atoms in total. The van der Waals surface area contributed by atoms with Crippen molar-refractivity contribution < 1.29 is 36.6 Å². The van der Waals surface area contributed by atoms with Gasteiger partial charge >= 0.3 is 11.9 Å². The van der Waals surface area contributed by atoms with Crippen molar-refractivity contribution in [2.24, 2.45) is 0 Å². The Hall–Kier alpha value is -0.794. The molecule has 0 bridgehead atoms. The number of aliphatic carboxylic acids is 2. The van der Waals surface area contributed by atoms with Crippen molar-refractivity contribution in [3.63, 3.8) is 0 Å². The van der Waals surface area contributed by atoms with Crippen LogP contribution in [0.3, 0.4) is 0 Å². The molecule has 0 atom stereocenters. The minimum absolute atomic E-state index is 0. The third-order valence-corrected chi connectivity index (χ3v) is 0.183. The Balaban J connectivity index is -0.00000000595. The van der Waals surface area contributed by atoms with Gasteiger partial charge in [-0.25, -0.2) is 9.59 Å². The monoisotopic (exact) mass is 251 g/mol. The van der Waals surface area contributed by atoms with Gasteiger partial charge in [-0.15, -0.1) is 0 Å². The normalized spacial score (nSPS) is 3.38. The Bertz CT molecular complexity index is 88.6. The predicted octanol–water partition coefficient (Wildman–Crippen LogP) is 0.125. The average molecular weight is 251 g/mol. The maximum atomic E-state index is 9.10. The van der Waals surface area contributed by atoms with Crippen LogP contribution in [0.25, 0.3) is 0 Å². The summed E-state index contributed by atoms with van der Waals surface area (Å²) >= 11 is 0. The predicted molar refractivity (Wildman–Crippen MR) is 45.4 cm³/mol. The molecule has 0 aromatic rings. The van der Waals surface area contributed by atoms with Crippen molar-refractivity contribution in [3.8, 4) is 0 Å². The van der Waals surface area contributed by atoms with Crippen LogP contribution in [0, 0.1) is 0 Å². The molecule has 0 aliphatic rings. The van der Waals surface area contributed by atoms with E-state index in [1.807, 2.05) is 0 Å². The average Bonchev–Trinajstić information content (AvgIpc) is 1.36. The largest absolute Gasteiger partial charge is 0.473 e. The first-order valence-corrected chi connectivity index (χ1v) is 1.11. The Morgan fingerprint density at radius 3 is 0.692 bits per heavy atom. The summed E-state index contributed by atoms with van der Waals surface area (Å²) in [6.07, 6.45) is 0. The van der Waals surface area contributed by atoms with Crippen molar-refractivity contribution in [3.05, 3.63) is 0 Å².